The number of carbonyl (C=O) groups is 1. The molecule has 2 atom stereocenters. The van der Waals surface area contributed by atoms with Crippen molar-refractivity contribution in [1.29, 1.82) is 0 Å². The van der Waals surface area contributed by atoms with E-state index < -0.39 is 0 Å². The number of fused-ring (bicyclic) bond motifs is 1. The highest BCUT2D eigenvalue weighted by molar-refractivity contribution is 5.79. The van der Waals surface area contributed by atoms with Crippen LogP contribution in [0.5, 0.6) is 0 Å². The van der Waals surface area contributed by atoms with Crippen molar-refractivity contribution in [2.24, 2.45) is 5.92 Å². The summed E-state index contributed by atoms with van der Waals surface area (Å²) in [5, 5.41) is 3.40. The number of carbonyl (C=O) groups excluding carboxylic acids is 1. The van der Waals surface area contributed by atoms with Crippen LogP contribution in [0.3, 0.4) is 0 Å². The van der Waals surface area contributed by atoms with Crippen LogP contribution in [0.2, 0.25) is 0 Å². The first-order valence-electron chi connectivity index (χ1n) is 10.7. The molecule has 154 valence electrons. The Kier molecular flexibility index (Phi) is 5.17. The van der Waals surface area contributed by atoms with Crippen molar-refractivity contribution in [3.05, 3.63) is 72.6 Å². The largest absolute Gasteiger partial charge is 0.347 e. The van der Waals surface area contributed by atoms with Gasteiger partial charge in [-0.2, -0.15) is 0 Å². The number of anilines is 1. The van der Waals surface area contributed by atoms with Gasteiger partial charge in [-0.1, -0.05) is 24.3 Å². The highest BCUT2D eigenvalue weighted by Gasteiger charge is 2.34. The summed E-state index contributed by atoms with van der Waals surface area (Å²) in [5.74, 6) is 0.913. The molecule has 3 heterocycles. The van der Waals surface area contributed by atoms with Crippen molar-refractivity contribution < 1.29 is 4.79 Å². The average Bonchev–Trinajstić information content (AvgIpc) is 3.35. The lowest BCUT2D eigenvalue weighted by Crippen LogP contribution is -2.44. The molecular weight excluding hydrogens is 376 g/mol. The van der Waals surface area contributed by atoms with Crippen LogP contribution in [0.25, 0.3) is 0 Å². The van der Waals surface area contributed by atoms with Crippen molar-refractivity contribution >= 4 is 11.9 Å². The van der Waals surface area contributed by atoms with E-state index in [1.807, 2.05) is 18.6 Å². The van der Waals surface area contributed by atoms with Gasteiger partial charge in [0, 0.05) is 43.8 Å². The molecule has 7 heteroatoms. The predicted octanol–water partition coefficient (Wildman–Crippen LogP) is 2.93. The Labute approximate surface area is 176 Å². The number of hydrogen-bond acceptors (Lipinski definition) is 5. The van der Waals surface area contributed by atoms with Gasteiger partial charge in [-0.15, -0.1) is 0 Å². The minimum Gasteiger partial charge on any atom is -0.347 e. The lowest BCUT2D eigenvalue weighted by Gasteiger charge is -2.37. The summed E-state index contributed by atoms with van der Waals surface area (Å²) >= 11 is 0. The summed E-state index contributed by atoms with van der Waals surface area (Å²) in [6, 6.07) is 10.4. The van der Waals surface area contributed by atoms with Crippen LogP contribution in [0.4, 0.5) is 5.95 Å². The fourth-order valence-corrected chi connectivity index (χ4v) is 4.77. The average molecular weight is 403 g/mol. The number of hydrogen-bond donors (Lipinski definition) is 1. The first kappa shape index (κ1) is 18.8. The highest BCUT2D eigenvalue weighted by atomic mass is 16.2. The number of benzene rings is 1. The van der Waals surface area contributed by atoms with Gasteiger partial charge in [-0.05, 0) is 42.9 Å². The number of piperidine rings is 1. The van der Waals surface area contributed by atoms with Crippen LogP contribution >= 0.6 is 0 Å². The number of imidazole rings is 1. The van der Waals surface area contributed by atoms with E-state index in [0.717, 1.165) is 44.7 Å². The van der Waals surface area contributed by atoms with Gasteiger partial charge in [0.25, 0.3) is 0 Å². The van der Waals surface area contributed by atoms with Crippen molar-refractivity contribution in [3.8, 4) is 0 Å². The Morgan fingerprint density at radius 2 is 1.80 bits per heavy atom. The quantitative estimate of drug-likeness (QED) is 0.726. The molecule has 5 rings (SSSR count). The summed E-state index contributed by atoms with van der Waals surface area (Å²) in [4.78, 5) is 28.3. The lowest BCUT2D eigenvalue weighted by atomic mass is 9.83. The fourth-order valence-electron chi connectivity index (χ4n) is 4.77. The lowest BCUT2D eigenvalue weighted by molar-refractivity contribution is -0.126. The standard InChI is InChI=1S/C23H26N6O/c30-22(18-8-13-28(14-9-18)23-25-10-3-11-26-23)27-21-19-5-2-1-4-17(19)6-7-20(21)29-15-12-24-16-29/h1-5,10-12,15-16,18,20-21H,6-9,13-14H2,(H,27,30)/t20-,21+/m1/s1. The normalized spacial score (nSPS) is 21.8. The molecule has 1 aromatic carbocycles. The SMILES string of the molecule is O=C(N[C@H]1c2ccccc2CC[C@H]1n1ccnc1)C1CCN(c2ncccn2)CC1. The Morgan fingerprint density at radius 3 is 2.57 bits per heavy atom. The van der Waals surface area contributed by atoms with Crippen molar-refractivity contribution in [2.45, 2.75) is 37.8 Å². The monoisotopic (exact) mass is 402 g/mol. The van der Waals surface area contributed by atoms with E-state index >= 15 is 0 Å². The Bertz CT molecular complexity index is 982. The number of aromatic nitrogens is 4. The molecule has 1 amide bonds. The molecule has 3 aromatic rings. The van der Waals surface area contributed by atoms with Crippen LogP contribution in [-0.4, -0.2) is 38.5 Å². The number of nitrogens with one attached hydrogen (secondary N) is 1. The van der Waals surface area contributed by atoms with E-state index in [0.29, 0.717) is 0 Å². The third-order valence-electron chi connectivity index (χ3n) is 6.39. The number of amides is 1. The number of nitrogens with zero attached hydrogens (tertiary/aromatic N) is 5. The molecule has 30 heavy (non-hydrogen) atoms. The van der Waals surface area contributed by atoms with Gasteiger partial charge in [-0.25, -0.2) is 15.0 Å². The molecule has 1 N–H and O–H groups in total. The first-order valence-corrected chi connectivity index (χ1v) is 10.7. The van der Waals surface area contributed by atoms with E-state index in [-0.39, 0.29) is 23.9 Å². The van der Waals surface area contributed by atoms with Crippen LogP contribution in [-0.2, 0) is 11.2 Å². The summed E-state index contributed by atoms with van der Waals surface area (Å²) < 4.78 is 2.14. The molecule has 1 fully saturated rings. The molecule has 0 saturated carbocycles. The molecule has 0 spiro atoms. The van der Waals surface area contributed by atoms with Crippen molar-refractivity contribution in [2.75, 3.05) is 18.0 Å². The molecule has 0 unspecified atom stereocenters. The molecule has 0 bridgehead atoms. The summed E-state index contributed by atoms with van der Waals surface area (Å²) in [6.45, 7) is 1.60. The summed E-state index contributed by atoms with van der Waals surface area (Å²) in [5.41, 5.74) is 2.56. The maximum absolute atomic E-state index is 13.2. The molecule has 0 radical (unpaired) electrons. The van der Waals surface area contributed by atoms with E-state index in [1.165, 1.54) is 11.1 Å². The van der Waals surface area contributed by atoms with E-state index in [2.05, 4.69) is 54.0 Å². The van der Waals surface area contributed by atoms with Crippen LogP contribution in [0.1, 0.15) is 42.5 Å². The zero-order valence-electron chi connectivity index (χ0n) is 16.9. The second-order valence-electron chi connectivity index (χ2n) is 8.11. The zero-order valence-corrected chi connectivity index (χ0v) is 16.9. The fraction of sp³-hybridized carbons (Fsp3) is 0.391. The maximum Gasteiger partial charge on any atom is 0.225 e. The first-order chi connectivity index (χ1) is 14.8. The van der Waals surface area contributed by atoms with Gasteiger partial charge in [-0.3, -0.25) is 4.79 Å². The summed E-state index contributed by atoms with van der Waals surface area (Å²) in [7, 11) is 0. The molecule has 2 aromatic heterocycles. The summed E-state index contributed by atoms with van der Waals surface area (Å²) in [6.07, 6.45) is 12.8. The zero-order chi connectivity index (χ0) is 20.3. The Morgan fingerprint density at radius 1 is 1.00 bits per heavy atom. The van der Waals surface area contributed by atoms with Crippen LogP contribution in [0.15, 0.2) is 61.4 Å². The van der Waals surface area contributed by atoms with Gasteiger partial charge in [0.1, 0.15) is 0 Å². The molecule has 2 aliphatic rings. The molecule has 1 saturated heterocycles. The van der Waals surface area contributed by atoms with Gasteiger partial charge >= 0.3 is 0 Å². The van der Waals surface area contributed by atoms with Gasteiger partial charge in [0.05, 0.1) is 18.4 Å². The maximum atomic E-state index is 13.2. The number of rotatable bonds is 4. The van der Waals surface area contributed by atoms with E-state index in [4.69, 9.17) is 0 Å². The van der Waals surface area contributed by atoms with E-state index in [1.54, 1.807) is 18.6 Å². The number of aryl methyl sites for hydroxylation is 1. The Hall–Kier alpha value is -3.22. The molecule has 1 aliphatic heterocycles. The minimum atomic E-state index is -0.0351. The Balaban J connectivity index is 1.30. The van der Waals surface area contributed by atoms with Gasteiger partial charge < -0.3 is 14.8 Å². The van der Waals surface area contributed by atoms with Gasteiger partial charge in [0.2, 0.25) is 11.9 Å². The minimum absolute atomic E-state index is 0.0162. The van der Waals surface area contributed by atoms with E-state index in [9.17, 15) is 4.79 Å². The van der Waals surface area contributed by atoms with Crippen LogP contribution in [0, 0.1) is 5.92 Å². The second kappa shape index (κ2) is 8.26. The van der Waals surface area contributed by atoms with Crippen molar-refractivity contribution in [3.63, 3.8) is 0 Å². The van der Waals surface area contributed by atoms with Crippen molar-refractivity contribution in [1.82, 2.24) is 24.8 Å². The van der Waals surface area contributed by atoms with Gasteiger partial charge in [0.15, 0.2) is 0 Å². The molecular formula is C23H26N6O. The molecule has 1 aliphatic carbocycles. The third kappa shape index (κ3) is 3.67. The topological polar surface area (TPSA) is 75.9 Å². The second-order valence-corrected chi connectivity index (χ2v) is 8.11. The van der Waals surface area contributed by atoms with Crippen LogP contribution < -0.4 is 10.2 Å². The molecule has 7 nitrogen and oxygen atoms in total. The smallest absolute Gasteiger partial charge is 0.225 e. The highest BCUT2D eigenvalue weighted by Crippen LogP contribution is 2.38. The predicted molar refractivity (Wildman–Crippen MR) is 114 cm³/mol. The third-order valence-corrected chi connectivity index (χ3v) is 6.39.